The average molecular weight is 252 g/mol. The molecule has 0 spiro atoms. The molecule has 3 heteroatoms. The van der Waals surface area contributed by atoms with E-state index in [1.165, 1.54) is 25.7 Å². The number of amides is 1. The van der Waals surface area contributed by atoms with E-state index in [1.807, 2.05) is 0 Å². The maximum Gasteiger partial charge on any atom is 0.225 e. The van der Waals surface area contributed by atoms with E-state index >= 15 is 0 Å². The summed E-state index contributed by atoms with van der Waals surface area (Å²) < 4.78 is 0. The van der Waals surface area contributed by atoms with Gasteiger partial charge in [0.2, 0.25) is 5.91 Å². The van der Waals surface area contributed by atoms with Crippen molar-refractivity contribution in [2.45, 2.75) is 46.0 Å². The Labute approximate surface area is 111 Å². The zero-order valence-electron chi connectivity index (χ0n) is 12.0. The van der Waals surface area contributed by atoms with E-state index in [4.69, 9.17) is 0 Å². The Kier molecular flexibility index (Phi) is 5.04. The molecule has 0 radical (unpaired) electrons. The summed E-state index contributed by atoms with van der Waals surface area (Å²) in [5, 5.41) is 3.45. The Morgan fingerprint density at radius 2 is 2.17 bits per heavy atom. The van der Waals surface area contributed by atoms with Gasteiger partial charge in [-0.05, 0) is 57.0 Å². The molecule has 1 saturated heterocycles. The number of hydrogen-bond donors (Lipinski definition) is 1. The maximum absolute atomic E-state index is 12.5. The molecule has 0 aromatic heterocycles. The van der Waals surface area contributed by atoms with Gasteiger partial charge in [0.25, 0.3) is 0 Å². The van der Waals surface area contributed by atoms with E-state index in [2.05, 4.69) is 24.1 Å². The molecule has 104 valence electrons. The molecule has 1 aliphatic heterocycles. The fourth-order valence-electron chi connectivity index (χ4n) is 3.04. The highest BCUT2D eigenvalue weighted by Gasteiger charge is 2.35. The minimum Gasteiger partial charge on any atom is -0.342 e. The number of carbonyl (C=O) groups is 1. The van der Waals surface area contributed by atoms with Crippen molar-refractivity contribution in [1.82, 2.24) is 10.2 Å². The molecule has 18 heavy (non-hydrogen) atoms. The predicted octanol–water partition coefficient (Wildman–Crippen LogP) is 2.27. The minimum absolute atomic E-state index is 0.257. The summed E-state index contributed by atoms with van der Waals surface area (Å²) in [6.07, 6.45) is 6.13. The second-order valence-electron chi connectivity index (χ2n) is 6.12. The van der Waals surface area contributed by atoms with Gasteiger partial charge in [-0.1, -0.05) is 13.8 Å². The Morgan fingerprint density at radius 1 is 1.39 bits per heavy atom. The highest BCUT2D eigenvalue weighted by atomic mass is 16.2. The van der Waals surface area contributed by atoms with Crippen molar-refractivity contribution in [3.05, 3.63) is 0 Å². The molecule has 1 heterocycles. The molecule has 1 aliphatic carbocycles. The normalized spacial score (nSPS) is 25.8. The van der Waals surface area contributed by atoms with E-state index in [9.17, 15) is 4.79 Å². The van der Waals surface area contributed by atoms with Crippen LogP contribution in [0.2, 0.25) is 0 Å². The van der Waals surface area contributed by atoms with Crippen LogP contribution < -0.4 is 5.32 Å². The minimum atomic E-state index is 0.257. The van der Waals surface area contributed by atoms with Gasteiger partial charge in [-0.25, -0.2) is 0 Å². The van der Waals surface area contributed by atoms with Crippen LogP contribution in [0.15, 0.2) is 0 Å². The standard InChI is InChI=1S/C15H28N2O/c1-3-9-17(11-13-5-4-8-16-10-13)15(18)12(2)14-6-7-14/h12-14,16H,3-11H2,1-2H3. The van der Waals surface area contributed by atoms with Gasteiger partial charge in [0, 0.05) is 19.0 Å². The van der Waals surface area contributed by atoms with Gasteiger partial charge in [0.1, 0.15) is 0 Å². The van der Waals surface area contributed by atoms with Crippen molar-refractivity contribution in [2.24, 2.45) is 17.8 Å². The molecular formula is C15H28N2O. The molecule has 0 aromatic carbocycles. The molecule has 2 rings (SSSR count). The Morgan fingerprint density at radius 3 is 2.72 bits per heavy atom. The number of rotatable bonds is 6. The zero-order valence-corrected chi connectivity index (χ0v) is 12.0. The lowest BCUT2D eigenvalue weighted by Crippen LogP contribution is -2.43. The lowest BCUT2D eigenvalue weighted by Gasteiger charge is -2.31. The van der Waals surface area contributed by atoms with Crippen LogP contribution in [0.3, 0.4) is 0 Å². The summed E-state index contributed by atoms with van der Waals surface area (Å²) >= 11 is 0. The van der Waals surface area contributed by atoms with Gasteiger partial charge in [0.05, 0.1) is 0 Å². The van der Waals surface area contributed by atoms with Gasteiger partial charge in [-0.15, -0.1) is 0 Å². The summed E-state index contributed by atoms with van der Waals surface area (Å²) in [6, 6.07) is 0. The molecule has 0 bridgehead atoms. The highest BCUT2D eigenvalue weighted by Crippen LogP contribution is 2.37. The van der Waals surface area contributed by atoms with Gasteiger partial charge in [-0.2, -0.15) is 0 Å². The molecule has 2 aliphatic rings. The molecule has 3 nitrogen and oxygen atoms in total. The molecule has 2 unspecified atom stereocenters. The van der Waals surface area contributed by atoms with Crippen LogP contribution in [0.4, 0.5) is 0 Å². The van der Waals surface area contributed by atoms with Crippen molar-refractivity contribution in [3.63, 3.8) is 0 Å². The summed E-state index contributed by atoms with van der Waals surface area (Å²) in [5.41, 5.74) is 0. The zero-order chi connectivity index (χ0) is 13.0. The first-order valence-corrected chi connectivity index (χ1v) is 7.72. The van der Waals surface area contributed by atoms with Crippen LogP contribution in [0.5, 0.6) is 0 Å². The number of hydrogen-bond acceptors (Lipinski definition) is 2. The van der Waals surface area contributed by atoms with Crippen LogP contribution in [0.1, 0.15) is 46.0 Å². The third kappa shape index (κ3) is 3.71. The van der Waals surface area contributed by atoms with Gasteiger partial charge >= 0.3 is 0 Å². The topological polar surface area (TPSA) is 32.3 Å². The largest absolute Gasteiger partial charge is 0.342 e. The van der Waals surface area contributed by atoms with Crippen molar-refractivity contribution in [2.75, 3.05) is 26.2 Å². The Bertz CT molecular complexity index is 270. The number of nitrogens with one attached hydrogen (secondary N) is 1. The number of nitrogens with zero attached hydrogens (tertiary/aromatic N) is 1. The molecule has 1 amide bonds. The van der Waals surface area contributed by atoms with E-state index in [-0.39, 0.29) is 5.92 Å². The number of piperidine rings is 1. The van der Waals surface area contributed by atoms with Crippen molar-refractivity contribution in [1.29, 1.82) is 0 Å². The molecular weight excluding hydrogens is 224 g/mol. The second-order valence-corrected chi connectivity index (χ2v) is 6.12. The molecule has 2 atom stereocenters. The molecule has 1 saturated carbocycles. The summed E-state index contributed by atoms with van der Waals surface area (Å²) in [5.74, 6) is 2.01. The molecule has 1 N–H and O–H groups in total. The van der Waals surface area contributed by atoms with Crippen molar-refractivity contribution < 1.29 is 4.79 Å². The summed E-state index contributed by atoms with van der Waals surface area (Å²) in [7, 11) is 0. The molecule has 0 aromatic rings. The van der Waals surface area contributed by atoms with Crippen molar-refractivity contribution in [3.8, 4) is 0 Å². The lowest BCUT2D eigenvalue weighted by molar-refractivity contribution is -0.136. The quantitative estimate of drug-likeness (QED) is 0.786. The summed E-state index contributed by atoms with van der Waals surface area (Å²) in [6.45, 7) is 8.44. The summed E-state index contributed by atoms with van der Waals surface area (Å²) in [4.78, 5) is 14.6. The van der Waals surface area contributed by atoms with E-state index in [0.29, 0.717) is 17.7 Å². The predicted molar refractivity (Wildman–Crippen MR) is 74.4 cm³/mol. The van der Waals surface area contributed by atoms with Crippen LogP contribution in [-0.2, 0) is 4.79 Å². The van der Waals surface area contributed by atoms with Crippen LogP contribution in [0.25, 0.3) is 0 Å². The lowest BCUT2D eigenvalue weighted by atomic mass is 9.97. The monoisotopic (exact) mass is 252 g/mol. The van der Waals surface area contributed by atoms with E-state index in [1.54, 1.807) is 0 Å². The van der Waals surface area contributed by atoms with Crippen LogP contribution in [-0.4, -0.2) is 37.0 Å². The first-order chi connectivity index (χ1) is 8.72. The fraction of sp³-hybridized carbons (Fsp3) is 0.933. The van der Waals surface area contributed by atoms with E-state index in [0.717, 1.165) is 32.6 Å². The Hall–Kier alpha value is -0.570. The van der Waals surface area contributed by atoms with E-state index < -0.39 is 0 Å². The Balaban J connectivity index is 1.86. The fourth-order valence-corrected chi connectivity index (χ4v) is 3.04. The smallest absolute Gasteiger partial charge is 0.225 e. The van der Waals surface area contributed by atoms with Crippen LogP contribution in [0, 0.1) is 17.8 Å². The van der Waals surface area contributed by atoms with Gasteiger partial charge in [0.15, 0.2) is 0 Å². The average Bonchev–Trinajstić information content (AvgIpc) is 3.22. The van der Waals surface area contributed by atoms with Gasteiger partial charge < -0.3 is 10.2 Å². The van der Waals surface area contributed by atoms with Gasteiger partial charge in [-0.3, -0.25) is 4.79 Å². The maximum atomic E-state index is 12.5. The first kappa shape index (κ1) is 13.9. The third-order valence-corrected chi connectivity index (χ3v) is 4.40. The number of carbonyl (C=O) groups excluding carboxylic acids is 1. The highest BCUT2D eigenvalue weighted by molar-refractivity contribution is 5.79. The SMILES string of the molecule is CCCN(CC1CCCNC1)C(=O)C(C)C1CC1. The first-order valence-electron chi connectivity index (χ1n) is 7.72. The van der Waals surface area contributed by atoms with Crippen molar-refractivity contribution >= 4 is 5.91 Å². The molecule has 2 fully saturated rings. The second kappa shape index (κ2) is 6.55. The third-order valence-electron chi connectivity index (χ3n) is 4.40. The van der Waals surface area contributed by atoms with Crippen LogP contribution >= 0.6 is 0 Å².